The number of carbonyl (C=O) groups excluding carboxylic acids is 2. The fraction of sp³-hybridized carbons (Fsp3) is 0.304. The number of carbonyl (C=O) groups is 2. The first kappa shape index (κ1) is 19.9. The van der Waals surface area contributed by atoms with Crippen molar-refractivity contribution in [2.75, 3.05) is 6.54 Å². The van der Waals surface area contributed by atoms with Gasteiger partial charge in [-0.15, -0.1) is 22.7 Å². The molecule has 2 amide bonds. The second kappa shape index (κ2) is 8.93. The molecule has 0 radical (unpaired) electrons. The molecule has 1 fully saturated rings. The van der Waals surface area contributed by atoms with E-state index < -0.39 is 0 Å². The average Bonchev–Trinajstić information content (AvgIpc) is 3.26. The van der Waals surface area contributed by atoms with E-state index in [1.54, 1.807) is 16.2 Å². The van der Waals surface area contributed by atoms with E-state index in [0.717, 1.165) is 18.4 Å². The Balaban J connectivity index is 1.53. The van der Waals surface area contributed by atoms with Gasteiger partial charge in [0.05, 0.1) is 11.4 Å². The Morgan fingerprint density at radius 3 is 2.38 bits per heavy atom. The van der Waals surface area contributed by atoms with Crippen molar-refractivity contribution in [3.05, 3.63) is 80.2 Å². The maximum absolute atomic E-state index is 13.3. The minimum Gasteiger partial charge on any atom is -0.332 e. The first-order valence-corrected chi connectivity index (χ1v) is 11.6. The van der Waals surface area contributed by atoms with Gasteiger partial charge in [-0.3, -0.25) is 9.59 Å². The zero-order valence-corrected chi connectivity index (χ0v) is 18.0. The van der Waals surface area contributed by atoms with Crippen molar-refractivity contribution >= 4 is 34.5 Å². The van der Waals surface area contributed by atoms with Gasteiger partial charge in [0.15, 0.2) is 0 Å². The summed E-state index contributed by atoms with van der Waals surface area (Å²) in [7, 11) is 0. The lowest BCUT2D eigenvalue weighted by Crippen LogP contribution is -2.43. The number of amides is 2. The number of hydrogen-bond acceptors (Lipinski definition) is 4. The minimum atomic E-state index is -0.0252. The molecule has 3 aromatic rings. The largest absolute Gasteiger partial charge is 0.332 e. The van der Waals surface area contributed by atoms with Crippen molar-refractivity contribution in [3.63, 3.8) is 0 Å². The summed E-state index contributed by atoms with van der Waals surface area (Å²) in [5.41, 5.74) is 2.30. The molecular weight excluding hydrogens is 400 g/mol. The Kier molecular flexibility index (Phi) is 6.11. The number of nitrogens with zero attached hydrogens (tertiary/aromatic N) is 2. The topological polar surface area (TPSA) is 40.6 Å². The molecule has 0 saturated heterocycles. The molecule has 6 heteroatoms. The molecule has 4 nitrogen and oxygen atoms in total. The fourth-order valence-corrected chi connectivity index (χ4v) is 4.92. The molecule has 1 saturated carbocycles. The molecule has 0 aliphatic heterocycles. The molecule has 29 heavy (non-hydrogen) atoms. The van der Waals surface area contributed by atoms with Crippen LogP contribution in [0.3, 0.4) is 0 Å². The number of thiophene rings is 2. The lowest BCUT2D eigenvalue weighted by Gasteiger charge is -2.27. The molecule has 2 aromatic heterocycles. The summed E-state index contributed by atoms with van der Waals surface area (Å²) in [6.45, 7) is 3.33. The lowest BCUT2D eigenvalue weighted by molar-refractivity contribution is -0.133. The smallest absolute Gasteiger partial charge is 0.264 e. The highest BCUT2D eigenvalue weighted by atomic mass is 32.1. The van der Waals surface area contributed by atoms with Gasteiger partial charge in [-0.25, -0.2) is 0 Å². The predicted molar refractivity (Wildman–Crippen MR) is 118 cm³/mol. The minimum absolute atomic E-state index is 0.00143. The Hall–Kier alpha value is -2.44. The Morgan fingerprint density at radius 1 is 0.966 bits per heavy atom. The first-order valence-electron chi connectivity index (χ1n) is 9.81. The van der Waals surface area contributed by atoms with Crippen LogP contribution in [0.5, 0.6) is 0 Å². The highest BCUT2D eigenvalue weighted by Gasteiger charge is 2.35. The van der Waals surface area contributed by atoms with Crippen molar-refractivity contribution in [1.29, 1.82) is 0 Å². The number of aryl methyl sites for hydroxylation is 1. The molecule has 0 N–H and O–H groups in total. The van der Waals surface area contributed by atoms with E-state index in [4.69, 9.17) is 0 Å². The zero-order valence-electron chi connectivity index (χ0n) is 16.4. The summed E-state index contributed by atoms with van der Waals surface area (Å²) in [5.74, 6) is -0.0266. The second-order valence-corrected chi connectivity index (χ2v) is 9.35. The van der Waals surface area contributed by atoms with E-state index >= 15 is 0 Å². The molecule has 1 aromatic carbocycles. The van der Waals surface area contributed by atoms with E-state index in [-0.39, 0.29) is 24.4 Å². The molecule has 0 atom stereocenters. The first-order chi connectivity index (χ1) is 14.1. The van der Waals surface area contributed by atoms with Crippen LogP contribution in [0, 0.1) is 6.92 Å². The van der Waals surface area contributed by atoms with Gasteiger partial charge >= 0.3 is 0 Å². The summed E-state index contributed by atoms with van der Waals surface area (Å²) in [6.07, 6.45) is 1.96. The van der Waals surface area contributed by atoms with Crippen LogP contribution in [-0.2, 0) is 17.9 Å². The third-order valence-corrected chi connectivity index (χ3v) is 7.02. The molecule has 0 bridgehead atoms. The predicted octanol–water partition coefficient (Wildman–Crippen LogP) is 4.95. The van der Waals surface area contributed by atoms with Gasteiger partial charge in [0, 0.05) is 17.5 Å². The quantitative estimate of drug-likeness (QED) is 0.513. The van der Waals surface area contributed by atoms with Gasteiger partial charge in [0.2, 0.25) is 5.91 Å². The van der Waals surface area contributed by atoms with Crippen LogP contribution in [-0.4, -0.2) is 34.2 Å². The molecule has 2 heterocycles. The van der Waals surface area contributed by atoms with Crippen LogP contribution in [0.4, 0.5) is 0 Å². The zero-order chi connectivity index (χ0) is 20.2. The van der Waals surface area contributed by atoms with Crippen LogP contribution >= 0.6 is 22.7 Å². The van der Waals surface area contributed by atoms with E-state index in [1.165, 1.54) is 21.8 Å². The summed E-state index contributed by atoms with van der Waals surface area (Å²) in [4.78, 5) is 31.8. The summed E-state index contributed by atoms with van der Waals surface area (Å²) in [6, 6.07) is 16.0. The van der Waals surface area contributed by atoms with Gasteiger partial charge < -0.3 is 9.80 Å². The van der Waals surface area contributed by atoms with Gasteiger partial charge in [0.25, 0.3) is 5.91 Å². The lowest BCUT2D eigenvalue weighted by atomic mass is 10.2. The van der Waals surface area contributed by atoms with Crippen molar-refractivity contribution in [1.82, 2.24) is 9.80 Å². The third-order valence-electron chi connectivity index (χ3n) is 5.16. The number of hydrogen-bond donors (Lipinski definition) is 0. The Morgan fingerprint density at radius 2 is 1.76 bits per heavy atom. The van der Waals surface area contributed by atoms with Gasteiger partial charge in [0.1, 0.15) is 6.54 Å². The molecule has 1 aliphatic rings. The van der Waals surface area contributed by atoms with Crippen molar-refractivity contribution in [2.45, 2.75) is 38.9 Å². The van der Waals surface area contributed by atoms with Crippen LogP contribution in [0.1, 0.15) is 38.5 Å². The maximum atomic E-state index is 13.3. The molecule has 150 valence electrons. The van der Waals surface area contributed by atoms with Crippen LogP contribution < -0.4 is 0 Å². The Labute approximate surface area is 179 Å². The maximum Gasteiger partial charge on any atom is 0.264 e. The van der Waals surface area contributed by atoms with E-state index in [0.29, 0.717) is 18.0 Å². The SMILES string of the molecule is Cc1ccsc1CN(Cc1ccccc1)C(=O)CN(C(=O)c1cccs1)C1CC1. The van der Waals surface area contributed by atoms with Gasteiger partial charge in [-0.05, 0) is 53.8 Å². The standard InChI is InChI=1S/C23H24N2O2S2/c1-17-11-13-29-21(17)15-24(14-18-6-3-2-4-7-18)22(26)16-25(19-9-10-19)23(27)20-8-5-12-28-20/h2-8,11-13,19H,9-10,14-16H2,1H3. The highest BCUT2D eigenvalue weighted by Crippen LogP contribution is 2.29. The van der Waals surface area contributed by atoms with Crippen molar-refractivity contribution < 1.29 is 9.59 Å². The summed E-state index contributed by atoms with van der Waals surface area (Å²) >= 11 is 3.11. The molecule has 1 aliphatic carbocycles. The van der Waals surface area contributed by atoms with Crippen LogP contribution in [0.15, 0.2) is 59.3 Å². The molecular formula is C23H24N2O2S2. The monoisotopic (exact) mass is 424 g/mol. The summed E-state index contributed by atoms with van der Waals surface area (Å²) in [5, 5.41) is 3.97. The fourth-order valence-electron chi connectivity index (χ4n) is 3.32. The molecule has 4 rings (SSSR count). The van der Waals surface area contributed by atoms with Crippen molar-refractivity contribution in [2.24, 2.45) is 0 Å². The normalized spacial score (nSPS) is 13.3. The van der Waals surface area contributed by atoms with Crippen LogP contribution in [0.25, 0.3) is 0 Å². The number of benzene rings is 1. The molecule has 0 unspecified atom stereocenters. The van der Waals surface area contributed by atoms with E-state index in [2.05, 4.69) is 18.4 Å². The number of rotatable bonds is 8. The Bertz CT molecular complexity index is 962. The third kappa shape index (κ3) is 4.95. The van der Waals surface area contributed by atoms with Crippen molar-refractivity contribution in [3.8, 4) is 0 Å². The molecule has 0 spiro atoms. The second-order valence-electron chi connectivity index (χ2n) is 7.40. The average molecular weight is 425 g/mol. The van der Waals surface area contributed by atoms with E-state index in [1.807, 2.05) is 52.7 Å². The van der Waals surface area contributed by atoms with Gasteiger partial charge in [-0.1, -0.05) is 36.4 Å². The van der Waals surface area contributed by atoms with Gasteiger partial charge in [-0.2, -0.15) is 0 Å². The highest BCUT2D eigenvalue weighted by molar-refractivity contribution is 7.12. The van der Waals surface area contributed by atoms with E-state index in [9.17, 15) is 9.59 Å². The van der Waals surface area contributed by atoms with Crippen LogP contribution in [0.2, 0.25) is 0 Å². The summed E-state index contributed by atoms with van der Waals surface area (Å²) < 4.78 is 0.